The van der Waals surface area contributed by atoms with Gasteiger partial charge in [0, 0.05) is 0 Å². The van der Waals surface area contributed by atoms with Crippen molar-refractivity contribution in [3.63, 3.8) is 0 Å². The number of benzene rings is 1. The van der Waals surface area contributed by atoms with E-state index in [4.69, 9.17) is 4.74 Å². The molecule has 2 bridgehead atoms. The van der Waals surface area contributed by atoms with Gasteiger partial charge in [0.2, 0.25) is 0 Å². The topological polar surface area (TPSA) is 9.23 Å². The Labute approximate surface area is 96.9 Å². The van der Waals surface area contributed by atoms with E-state index >= 15 is 0 Å². The molecule has 4 heteroatoms. The highest BCUT2D eigenvalue weighted by Crippen LogP contribution is 2.54. The Morgan fingerprint density at radius 2 is 1.59 bits per heavy atom. The van der Waals surface area contributed by atoms with Gasteiger partial charge < -0.3 is 4.74 Å². The zero-order valence-corrected chi connectivity index (χ0v) is 9.43. The molecule has 0 radical (unpaired) electrons. The zero-order valence-electron chi connectivity index (χ0n) is 9.43. The molecule has 0 N–H and O–H groups in total. The summed E-state index contributed by atoms with van der Waals surface area (Å²) in [5.41, 5.74) is -0.460. The van der Waals surface area contributed by atoms with Gasteiger partial charge in [-0.3, -0.25) is 0 Å². The van der Waals surface area contributed by atoms with Gasteiger partial charge >= 0.3 is 6.18 Å². The van der Waals surface area contributed by atoms with E-state index in [1.54, 1.807) is 6.92 Å². The minimum atomic E-state index is -4.31. The molecule has 0 fully saturated rings. The van der Waals surface area contributed by atoms with Gasteiger partial charge in [0.25, 0.3) is 0 Å². The average Bonchev–Trinajstić information content (AvgIpc) is 2.65. The molecule has 3 rings (SSSR count). The van der Waals surface area contributed by atoms with E-state index in [9.17, 15) is 13.2 Å². The summed E-state index contributed by atoms with van der Waals surface area (Å²) >= 11 is 0. The number of alkyl halides is 3. The maximum absolute atomic E-state index is 12.7. The first kappa shape index (κ1) is 10.8. The van der Waals surface area contributed by atoms with Gasteiger partial charge in [0.1, 0.15) is 11.2 Å². The van der Waals surface area contributed by atoms with Crippen molar-refractivity contribution in [2.24, 2.45) is 0 Å². The van der Waals surface area contributed by atoms with Crippen molar-refractivity contribution in [3.05, 3.63) is 47.0 Å². The summed E-state index contributed by atoms with van der Waals surface area (Å²) in [4.78, 5) is 0. The van der Waals surface area contributed by atoms with E-state index in [1.165, 1.54) is 12.1 Å². The molecule has 2 aliphatic heterocycles. The molecule has 1 nitrogen and oxygen atoms in total. The summed E-state index contributed by atoms with van der Waals surface area (Å²) in [6, 6.07) is 3.84. The average molecular weight is 240 g/mol. The van der Waals surface area contributed by atoms with Crippen molar-refractivity contribution >= 4 is 0 Å². The van der Waals surface area contributed by atoms with E-state index < -0.39 is 22.9 Å². The van der Waals surface area contributed by atoms with Crippen LogP contribution in [0.3, 0.4) is 0 Å². The van der Waals surface area contributed by atoms with Crippen molar-refractivity contribution in [3.8, 4) is 0 Å². The highest BCUT2D eigenvalue weighted by molar-refractivity contribution is 5.51. The molecule has 90 valence electrons. The monoisotopic (exact) mass is 240 g/mol. The van der Waals surface area contributed by atoms with Crippen molar-refractivity contribution in [2.75, 3.05) is 0 Å². The minimum Gasteiger partial charge on any atom is -0.351 e. The number of halogens is 3. The van der Waals surface area contributed by atoms with Crippen molar-refractivity contribution < 1.29 is 17.9 Å². The number of hydrogen-bond acceptors (Lipinski definition) is 1. The fraction of sp³-hybridized carbons (Fsp3) is 0.385. The van der Waals surface area contributed by atoms with Crippen molar-refractivity contribution in [1.82, 2.24) is 0 Å². The second-order valence-electron chi connectivity index (χ2n) is 4.91. The first-order valence-electron chi connectivity index (χ1n) is 5.37. The molecular formula is C13H11F3O. The highest BCUT2D eigenvalue weighted by atomic mass is 19.4. The molecule has 0 saturated heterocycles. The van der Waals surface area contributed by atoms with E-state index in [-0.39, 0.29) is 0 Å². The van der Waals surface area contributed by atoms with E-state index in [2.05, 4.69) is 0 Å². The van der Waals surface area contributed by atoms with Crippen LogP contribution in [0.4, 0.5) is 13.2 Å². The maximum atomic E-state index is 12.7. The van der Waals surface area contributed by atoms with Crippen LogP contribution < -0.4 is 0 Å². The quantitative estimate of drug-likeness (QED) is 0.628. The minimum absolute atomic E-state index is 0.575. The van der Waals surface area contributed by atoms with Crippen LogP contribution in [0.25, 0.3) is 0 Å². The van der Waals surface area contributed by atoms with Gasteiger partial charge in [-0.2, -0.15) is 13.2 Å². The van der Waals surface area contributed by atoms with Crippen molar-refractivity contribution in [2.45, 2.75) is 31.2 Å². The smallest absolute Gasteiger partial charge is 0.351 e. The molecule has 1 aromatic rings. The van der Waals surface area contributed by atoms with Gasteiger partial charge in [0.05, 0.1) is 5.56 Å². The third-order valence-corrected chi connectivity index (χ3v) is 3.56. The lowest BCUT2D eigenvalue weighted by Crippen LogP contribution is -2.17. The molecule has 0 saturated carbocycles. The van der Waals surface area contributed by atoms with Crippen LogP contribution in [-0.2, 0) is 22.1 Å². The summed E-state index contributed by atoms with van der Waals surface area (Å²) in [5, 5.41) is 0. The normalized spacial score (nSPS) is 34.2. The molecule has 0 spiro atoms. The second-order valence-corrected chi connectivity index (χ2v) is 4.91. The van der Waals surface area contributed by atoms with Crippen LogP contribution in [0, 0.1) is 0 Å². The van der Waals surface area contributed by atoms with Gasteiger partial charge in [0.15, 0.2) is 0 Å². The Hall–Kier alpha value is -1.29. The molecule has 0 amide bonds. The lowest BCUT2D eigenvalue weighted by molar-refractivity contribution is -0.137. The maximum Gasteiger partial charge on any atom is 0.416 e. The summed E-state index contributed by atoms with van der Waals surface area (Å²) in [5.74, 6) is 0. The third-order valence-electron chi connectivity index (χ3n) is 3.56. The molecule has 0 aliphatic carbocycles. The Kier molecular flexibility index (Phi) is 1.75. The molecule has 2 unspecified atom stereocenters. The summed E-state index contributed by atoms with van der Waals surface area (Å²) in [6.07, 6.45) is -0.573. The Morgan fingerprint density at radius 1 is 1.00 bits per heavy atom. The SMILES string of the molecule is CC12C=CC(C)(O1)c1cc(C(F)(F)F)ccc12. The first-order chi connectivity index (χ1) is 7.75. The number of ether oxygens (including phenoxy) is 1. The van der Waals surface area contributed by atoms with E-state index in [1.807, 2.05) is 19.1 Å². The van der Waals surface area contributed by atoms with Crippen LogP contribution in [-0.4, -0.2) is 0 Å². The van der Waals surface area contributed by atoms with Crippen LogP contribution in [0.1, 0.15) is 30.5 Å². The number of fused-ring (bicyclic) bond motifs is 5. The van der Waals surface area contributed by atoms with Gasteiger partial charge in [-0.25, -0.2) is 0 Å². The van der Waals surface area contributed by atoms with Gasteiger partial charge in [-0.05, 0) is 49.3 Å². The molecular weight excluding hydrogens is 229 g/mol. The van der Waals surface area contributed by atoms with Gasteiger partial charge in [-0.1, -0.05) is 6.07 Å². The van der Waals surface area contributed by atoms with Crippen LogP contribution in [0.2, 0.25) is 0 Å². The molecule has 2 heterocycles. The predicted molar refractivity (Wildman–Crippen MR) is 56.4 cm³/mol. The standard InChI is InChI=1S/C13H11F3O/c1-11-5-6-12(2,17-11)10-7-8(13(14,15)16)3-4-9(10)11/h3-7H,1-2H3. The molecule has 1 aromatic carbocycles. The fourth-order valence-corrected chi connectivity index (χ4v) is 2.68. The molecule has 17 heavy (non-hydrogen) atoms. The fourth-order valence-electron chi connectivity index (χ4n) is 2.68. The second kappa shape index (κ2) is 2.75. The zero-order chi connectivity index (χ0) is 12.5. The molecule has 2 atom stereocenters. The van der Waals surface area contributed by atoms with E-state index in [0.29, 0.717) is 5.56 Å². The predicted octanol–water partition coefficient (Wildman–Crippen LogP) is 3.74. The van der Waals surface area contributed by atoms with Crippen LogP contribution in [0.5, 0.6) is 0 Å². The third kappa shape index (κ3) is 1.30. The van der Waals surface area contributed by atoms with Crippen LogP contribution >= 0.6 is 0 Å². The van der Waals surface area contributed by atoms with Gasteiger partial charge in [-0.15, -0.1) is 0 Å². The molecule has 2 aliphatic rings. The van der Waals surface area contributed by atoms with Crippen LogP contribution in [0.15, 0.2) is 30.4 Å². The Balaban J connectivity index is 2.21. The summed E-state index contributed by atoms with van der Waals surface area (Å²) in [7, 11) is 0. The Bertz CT molecular complexity index is 532. The summed E-state index contributed by atoms with van der Waals surface area (Å²) in [6.45, 7) is 3.66. The lowest BCUT2D eigenvalue weighted by Gasteiger charge is -2.19. The van der Waals surface area contributed by atoms with Crippen molar-refractivity contribution in [1.29, 1.82) is 0 Å². The largest absolute Gasteiger partial charge is 0.416 e. The number of hydrogen-bond donors (Lipinski definition) is 0. The molecule has 0 aromatic heterocycles. The van der Waals surface area contributed by atoms with E-state index in [0.717, 1.165) is 11.6 Å². The summed E-state index contributed by atoms with van der Waals surface area (Å²) < 4.78 is 43.8. The first-order valence-corrected chi connectivity index (χ1v) is 5.37. The number of rotatable bonds is 0. The highest BCUT2D eigenvalue weighted by Gasteiger charge is 2.51. The Morgan fingerprint density at radius 3 is 2.18 bits per heavy atom. The lowest BCUT2D eigenvalue weighted by atomic mass is 9.82.